The molecular weight excluding hydrogens is 270 g/mol. The highest BCUT2D eigenvalue weighted by atomic mass is 16.5. The molecule has 6 nitrogen and oxygen atoms in total. The molecule has 0 saturated carbocycles. The molecule has 0 spiro atoms. The van der Waals surface area contributed by atoms with Crippen molar-refractivity contribution in [3.63, 3.8) is 0 Å². The minimum absolute atomic E-state index is 0.358. The molecule has 1 aliphatic heterocycles. The van der Waals surface area contributed by atoms with Gasteiger partial charge < -0.3 is 15.8 Å². The van der Waals surface area contributed by atoms with Crippen molar-refractivity contribution in [2.45, 2.75) is 0 Å². The molecule has 2 amide bonds. The maximum atomic E-state index is 11.6. The summed E-state index contributed by atoms with van der Waals surface area (Å²) in [5.74, 6) is -0.0937. The first-order valence-corrected chi connectivity index (χ1v) is 6.29. The number of nitrogens with one attached hydrogen (secondary N) is 2. The van der Waals surface area contributed by atoms with Gasteiger partial charge in [-0.05, 0) is 30.3 Å². The van der Waals surface area contributed by atoms with E-state index in [1.807, 2.05) is 0 Å². The number of hydrogen-bond acceptors (Lipinski definition) is 5. The Morgan fingerprint density at radius 3 is 2.52 bits per heavy atom. The summed E-state index contributed by atoms with van der Waals surface area (Å²) in [5, 5.41) is 5.37. The van der Waals surface area contributed by atoms with Gasteiger partial charge in [0.2, 0.25) is 0 Å². The highest BCUT2D eigenvalue weighted by Gasteiger charge is 2.26. The van der Waals surface area contributed by atoms with E-state index < -0.39 is 0 Å². The average Bonchev–Trinajstić information content (AvgIpc) is 2.76. The highest BCUT2D eigenvalue weighted by Crippen LogP contribution is 2.28. The zero-order valence-corrected chi connectivity index (χ0v) is 11.3. The second kappa shape index (κ2) is 4.82. The Labute approximate surface area is 120 Å². The molecule has 2 aromatic rings. The minimum atomic E-state index is -0.388. The molecule has 0 radical (unpaired) electrons. The maximum Gasteiger partial charge on any atom is 0.259 e. The van der Waals surface area contributed by atoms with E-state index in [1.54, 1.807) is 43.5 Å². The van der Waals surface area contributed by atoms with Gasteiger partial charge in [0.15, 0.2) is 0 Å². The summed E-state index contributed by atoms with van der Waals surface area (Å²) in [5.41, 5.74) is 8.57. The van der Waals surface area contributed by atoms with Crippen LogP contribution < -0.4 is 21.1 Å². The summed E-state index contributed by atoms with van der Waals surface area (Å²) >= 11 is 0. The molecule has 2 aromatic carbocycles. The molecule has 0 atom stereocenters. The molecule has 0 bridgehead atoms. The van der Waals surface area contributed by atoms with Crippen molar-refractivity contribution in [3.8, 4) is 5.75 Å². The number of ether oxygens (including phenoxy) is 1. The second-order valence-electron chi connectivity index (χ2n) is 4.62. The molecule has 4 N–H and O–H groups in total. The smallest absolute Gasteiger partial charge is 0.259 e. The lowest BCUT2D eigenvalue weighted by Crippen LogP contribution is -2.19. The second-order valence-corrected chi connectivity index (χ2v) is 4.62. The van der Waals surface area contributed by atoms with Gasteiger partial charge in [-0.2, -0.15) is 0 Å². The predicted molar refractivity (Wildman–Crippen MR) is 78.9 cm³/mol. The van der Waals surface area contributed by atoms with E-state index in [2.05, 4.69) is 10.6 Å². The summed E-state index contributed by atoms with van der Waals surface area (Å²) < 4.78 is 5.09. The van der Waals surface area contributed by atoms with Gasteiger partial charge in [0, 0.05) is 11.8 Å². The molecule has 106 valence electrons. The Kier molecular flexibility index (Phi) is 2.98. The number of nitrogen functional groups attached to an aromatic ring is 1. The lowest BCUT2D eigenvalue weighted by molar-refractivity contribution is 0.0879. The fourth-order valence-corrected chi connectivity index (χ4v) is 2.18. The number of carbonyl (C=O) groups is 2. The van der Waals surface area contributed by atoms with Crippen LogP contribution in [0.3, 0.4) is 0 Å². The lowest BCUT2D eigenvalue weighted by Gasteiger charge is -2.11. The summed E-state index contributed by atoms with van der Waals surface area (Å²) in [6.45, 7) is 0. The van der Waals surface area contributed by atoms with Crippen LogP contribution in [0.2, 0.25) is 0 Å². The van der Waals surface area contributed by atoms with E-state index in [-0.39, 0.29) is 11.8 Å². The van der Waals surface area contributed by atoms with E-state index >= 15 is 0 Å². The minimum Gasteiger partial charge on any atom is -0.497 e. The number of methoxy groups -OCH3 is 1. The number of anilines is 3. The van der Waals surface area contributed by atoms with Gasteiger partial charge in [-0.3, -0.25) is 14.9 Å². The summed E-state index contributed by atoms with van der Waals surface area (Å²) in [4.78, 5) is 23.1. The zero-order chi connectivity index (χ0) is 15.0. The number of fused-ring (bicyclic) bond motifs is 1. The average molecular weight is 283 g/mol. The zero-order valence-electron chi connectivity index (χ0n) is 11.3. The molecule has 0 aromatic heterocycles. The van der Waals surface area contributed by atoms with Gasteiger partial charge in [0.1, 0.15) is 5.75 Å². The van der Waals surface area contributed by atoms with Crippen LogP contribution in [0, 0.1) is 0 Å². The van der Waals surface area contributed by atoms with Crippen molar-refractivity contribution in [1.29, 1.82) is 0 Å². The number of hydrogen-bond donors (Lipinski definition) is 3. The van der Waals surface area contributed by atoms with Gasteiger partial charge in [-0.25, -0.2) is 0 Å². The third-order valence-corrected chi connectivity index (χ3v) is 3.27. The first-order valence-electron chi connectivity index (χ1n) is 6.29. The van der Waals surface area contributed by atoms with Crippen molar-refractivity contribution in [2.24, 2.45) is 0 Å². The molecule has 1 heterocycles. The van der Waals surface area contributed by atoms with Crippen LogP contribution >= 0.6 is 0 Å². The van der Waals surface area contributed by atoms with Crippen LogP contribution in [0.25, 0.3) is 0 Å². The van der Waals surface area contributed by atoms with Crippen molar-refractivity contribution >= 4 is 28.9 Å². The van der Waals surface area contributed by atoms with E-state index in [9.17, 15) is 9.59 Å². The van der Waals surface area contributed by atoms with Gasteiger partial charge >= 0.3 is 0 Å². The first kappa shape index (κ1) is 13.0. The van der Waals surface area contributed by atoms with Gasteiger partial charge in [0.05, 0.1) is 29.6 Å². The normalized spacial score (nSPS) is 12.8. The van der Waals surface area contributed by atoms with Crippen LogP contribution in [0.1, 0.15) is 20.7 Å². The lowest BCUT2D eigenvalue weighted by atomic mass is 10.1. The van der Waals surface area contributed by atoms with E-state index in [0.717, 1.165) is 0 Å². The fraction of sp³-hybridized carbons (Fsp3) is 0.0667. The van der Waals surface area contributed by atoms with E-state index in [4.69, 9.17) is 10.5 Å². The van der Waals surface area contributed by atoms with Gasteiger partial charge in [-0.15, -0.1) is 0 Å². The Balaban J connectivity index is 1.91. The van der Waals surface area contributed by atoms with Crippen LogP contribution in [-0.4, -0.2) is 18.9 Å². The van der Waals surface area contributed by atoms with Crippen molar-refractivity contribution in [2.75, 3.05) is 18.2 Å². The number of nitrogens with two attached hydrogens (primary N) is 1. The number of rotatable bonds is 3. The van der Waals surface area contributed by atoms with Crippen molar-refractivity contribution in [3.05, 3.63) is 47.5 Å². The fourth-order valence-electron chi connectivity index (χ4n) is 2.18. The van der Waals surface area contributed by atoms with Crippen LogP contribution in [0.4, 0.5) is 17.1 Å². The molecule has 0 unspecified atom stereocenters. The molecular formula is C15H13N3O3. The van der Waals surface area contributed by atoms with Crippen molar-refractivity contribution in [1.82, 2.24) is 5.32 Å². The summed E-state index contributed by atoms with van der Waals surface area (Å²) in [6, 6.07) is 10.2. The summed E-state index contributed by atoms with van der Waals surface area (Å²) in [7, 11) is 1.57. The largest absolute Gasteiger partial charge is 0.497 e. The van der Waals surface area contributed by atoms with Gasteiger partial charge in [-0.1, -0.05) is 0 Å². The molecule has 6 heteroatoms. The number of benzene rings is 2. The number of amides is 2. The third-order valence-electron chi connectivity index (χ3n) is 3.27. The highest BCUT2D eigenvalue weighted by molar-refractivity contribution is 6.21. The Morgan fingerprint density at radius 2 is 1.81 bits per heavy atom. The molecule has 21 heavy (non-hydrogen) atoms. The quantitative estimate of drug-likeness (QED) is 0.591. The maximum absolute atomic E-state index is 11.6. The van der Waals surface area contributed by atoms with Crippen LogP contribution in [-0.2, 0) is 0 Å². The molecule has 0 fully saturated rings. The van der Waals surface area contributed by atoms with Crippen molar-refractivity contribution < 1.29 is 14.3 Å². The molecule has 3 rings (SSSR count). The standard InChI is InChI=1S/C15H13N3O3/c1-21-9-3-5-13(12(16)7-9)17-8-2-4-10-11(6-8)15(20)18-14(10)19/h2-7,17H,16H2,1H3,(H,18,19,20). The third kappa shape index (κ3) is 2.27. The number of imide groups is 1. The Morgan fingerprint density at radius 1 is 1.05 bits per heavy atom. The first-order chi connectivity index (χ1) is 10.1. The van der Waals surface area contributed by atoms with Crippen LogP contribution in [0.15, 0.2) is 36.4 Å². The molecule has 0 aliphatic carbocycles. The van der Waals surface area contributed by atoms with E-state index in [1.165, 1.54) is 0 Å². The Hall–Kier alpha value is -3.02. The topological polar surface area (TPSA) is 93.5 Å². The van der Waals surface area contributed by atoms with E-state index in [0.29, 0.717) is 33.9 Å². The summed E-state index contributed by atoms with van der Waals surface area (Å²) in [6.07, 6.45) is 0. The monoisotopic (exact) mass is 283 g/mol. The Bertz CT molecular complexity index is 756. The number of carbonyl (C=O) groups excluding carboxylic acids is 2. The van der Waals surface area contributed by atoms with Crippen LogP contribution in [0.5, 0.6) is 5.75 Å². The molecule has 0 saturated heterocycles. The molecule has 1 aliphatic rings. The van der Waals surface area contributed by atoms with Gasteiger partial charge in [0.25, 0.3) is 11.8 Å². The SMILES string of the molecule is COc1ccc(Nc2ccc3c(c2)C(=O)NC3=O)c(N)c1. The predicted octanol–water partition coefficient (Wildman–Crippen LogP) is 1.90.